The first-order chi connectivity index (χ1) is 17.8. The molecule has 186 valence electrons. The van der Waals surface area contributed by atoms with E-state index in [2.05, 4.69) is 54.2 Å². The summed E-state index contributed by atoms with van der Waals surface area (Å²) in [7, 11) is 0. The van der Waals surface area contributed by atoms with Gasteiger partial charge in [0.05, 0.1) is 19.0 Å². The van der Waals surface area contributed by atoms with Gasteiger partial charge in [0.1, 0.15) is 16.5 Å². The number of aromatic nitrogens is 4. The SMILES string of the molecule is O=C(NCCN1CCOCC1)c1csc(CSc2nnc(Cc3ccccc3)n2-c2ccccc2)n1. The van der Waals surface area contributed by atoms with Crippen molar-refractivity contribution in [2.45, 2.75) is 17.3 Å². The minimum Gasteiger partial charge on any atom is -0.379 e. The molecule has 5 rings (SSSR count). The predicted molar refractivity (Wildman–Crippen MR) is 142 cm³/mol. The molecule has 4 aromatic rings. The van der Waals surface area contributed by atoms with Gasteiger partial charge in [0, 0.05) is 43.7 Å². The van der Waals surface area contributed by atoms with Crippen molar-refractivity contribution in [2.75, 3.05) is 39.4 Å². The van der Waals surface area contributed by atoms with Crippen molar-refractivity contribution >= 4 is 29.0 Å². The van der Waals surface area contributed by atoms with E-state index in [-0.39, 0.29) is 5.91 Å². The molecule has 0 aliphatic carbocycles. The van der Waals surface area contributed by atoms with Crippen molar-refractivity contribution in [1.82, 2.24) is 30.0 Å². The Labute approximate surface area is 218 Å². The zero-order chi connectivity index (χ0) is 24.6. The lowest BCUT2D eigenvalue weighted by atomic mass is 10.1. The molecule has 1 aliphatic heterocycles. The van der Waals surface area contributed by atoms with Gasteiger partial charge < -0.3 is 10.1 Å². The molecule has 3 heterocycles. The third kappa shape index (κ3) is 6.38. The summed E-state index contributed by atoms with van der Waals surface area (Å²) >= 11 is 3.07. The molecule has 1 saturated heterocycles. The Morgan fingerprint density at radius 3 is 2.56 bits per heavy atom. The van der Waals surface area contributed by atoms with Crippen molar-refractivity contribution in [3.05, 3.63) is 88.1 Å². The number of carbonyl (C=O) groups excluding carboxylic acids is 1. The zero-order valence-corrected chi connectivity index (χ0v) is 21.5. The summed E-state index contributed by atoms with van der Waals surface area (Å²) in [4.78, 5) is 19.4. The van der Waals surface area contributed by atoms with E-state index in [1.807, 2.05) is 41.8 Å². The molecule has 2 aromatic heterocycles. The molecule has 2 aromatic carbocycles. The largest absolute Gasteiger partial charge is 0.379 e. The summed E-state index contributed by atoms with van der Waals surface area (Å²) in [5.74, 6) is 1.37. The molecule has 1 amide bonds. The molecule has 0 saturated carbocycles. The maximum Gasteiger partial charge on any atom is 0.270 e. The molecule has 1 aliphatic rings. The smallest absolute Gasteiger partial charge is 0.270 e. The number of thiazole rings is 1. The molecular weight excluding hydrogens is 492 g/mol. The van der Waals surface area contributed by atoms with Gasteiger partial charge in [0.15, 0.2) is 5.16 Å². The standard InChI is InChI=1S/C26H28N6O2S2/c33-25(27-11-12-31-13-15-34-16-14-31)22-18-35-24(28-22)19-36-26-30-29-23(17-20-7-3-1-4-8-20)32(26)21-9-5-2-6-10-21/h1-10,18H,11-17,19H2,(H,27,33). The molecule has 0 atom stereocenters. The van der Waals surface area contributed by atoms with Crippen LogP contribution in [0.15, 0.2) is 71.2 Å². The third-order valence-electron chi connectivity index (χ3n) is 5.85. The number of ether oxygens (including phenoxy) is 1. The number of nitrogens with one attached hydrogen (secondary N) is 1. The van der Waals surface area contributed by atoms with Gasteiger partial charge in [-0.05, 0) is 17.7 Å². The molecule has 0 unspecified atom stereocenters. The lowest BCUT2D eigenvalue weighted by Gasteiger charge is -2.26. The lowest BCUT2D eigenvalue weighted by molar-refractivity contribution is 0.0383. The van der Waals surface area contributed by atoms with Crippen LogP contribution in [0, 0.1) is 0 Å². The Hall–Kier alpha value is -3.05. The lowest BCUT2D eigenvalue weighted by Crippen LogP contribution is -2.41. The molecular formula is C26H28N6O2S2. The highest BCUT2D eigenvalue weighted by atomic mass is 32.2. The second-order valence-electron chi connectivity index (χ2n) is 8.36. The fourth-order valence-electron chi connectivity index (χ4n) is 3.97. The number of benzene rings is 2. The van der Waals surface area contributed by atoms with Crippen LogP contribution in [0.1, 0.15) is 26.9 Å². The summed E-state index contributed by atoms with van der Waals surface area (Å²) in [6.45, 7) is 4.76. The Bertz CT molecular complexity index is 1260. The minimum absolute atomic E-state index is 0.131. The topological polar surface area (TPSA) is 85.2 Å². The molecule has 10 heteroatoms. The fourth-order valence-corrected chi connectivity index (χ4v) is 5.74. The molecule has 36 heavy (non-hydrogen) atoms. The Kier molecular flexibility index (Phi) is 8.39. The molecule has 0 spiro atoms. The van der Waals surface area contributed by atoms with Gasteiger partial charge in [-0.3, -0.25) is 14.3 Å². The first-order valence-corrected chi connectivity index (χ1v) is 13.8. The summed E-state index contributed by atoms with van der Waals surface area (Å²) < 4.78 is 7.47. The summed E-state index contributed by atoms with van der Waals surface area (Å²) in [5, 5.41) is 15.5. The van der Waals surface area contributed by atoms with Gasteiger partial charge in [-0.2, -0.15) is 0 Å². The van der Waals surface area contributed by atoms with Crippen LogP contribution < -0.4 is 5.32 Å². The Balaban J connectivity index is 1.22. The van der Waals surface area contributed by atoms with Crippen LogP contribution in [0.4, 0.5) is 0 Å². The predicted octanol–water partition coefficient (Wildman–Crippen LogP) is 3.67. The van der Waals surface area contributed by atoms with Crippen LogP contribution in [0.25, 0.3) is 5.69 Å². The van der Waals surface area contributed by atoms with Crippen LogP contribution in [0.2, 0.25) is 0 Å². The number of amides is 1. The molecule has 1 fully saturated rings. The molecule has 0 radical (unpaired) electrons. The number of nitrogens with zero attached hydrogens (tertiary/aromatic N) is 5. The van der Waals surface area contributed by atoms with E-state index in [0.717, 1.165) is 54.5 Å². The van der Waals surface area contributed by atoms with Gasteiger partial charge in [0.25, 0.3) is 5.91 Å². The molecule has 0 bridgehead atoms. The van der Waals surface area contributed by atoms with E-state index in [9.17, 15) is 4.79 Å². The summed E-state index contributed by atoms with van der Waals surface area (Å²) in [6, 6.07) is 20.4. The maximum atomic E-state index is 12.5. The van der Waals surface area contributed by atoms with Crippen LogP contribution in [0.5, 0.6) is 0 Å². The number of thioether (sulfide) groups is 1. The van der Waals surface area contributed by atoms with Crippen molar-refractivity contribution in [1.29, 1.82) is 0 Å². The van der Waals surface area contributed by atoms with Gasteiger partial charge in [-0.15, -0.1) is 21.5 Å². The summed E-state index contributed by atoms with van der Waals surface area (Å²) in [5.41, 5.74) is 2.67. The zero-order valence-electron chi connectivity index (χ0n) is 19.9. The quantitative estimate of drug-likeness (QED) is 0.319. The molecule has 1 N–H and O–H groups in total. The highest BCUT2D eigenvalue weighted by Gasteiger charge is 2.17. The van der Waals surface area contributed by atoms with Crippen LogP contribution in [-0.2, 0) is 16.9 Å². The number of para-hydroxylation sites is 1. The maximum absolute atomic E-state index is 12.5. The number of hydrogen-bond donors (Lipinski definition) is 1. The van der Waals surface area contributed by atoms with Gasteiger partial charge in [-0.25, -0.2) is 4.98 Å². The average molecular weight is 521 g/mol. The van der Waals surface area contributed by atoms with Crippen LogP contribution >= 0.6 is 23.1 Å². The van der Waals surface area contributed by atoms with Crippen molar-refractivity contribution in [3.8, 4) is 5.69 Å². The average Bonchev–Trinajstić information content (AvgIpc) is 3.56. The van der Waals surface area contributed by atoms with Gasteiger partial charge in [-0.1, -0.05) is 60.3 Å². The van der Waals surface area contributed by atoms with Gasteiger partial charge in [0.2, 0.25) is 0 Å². The van der Waals surface area contributed by atoms with Crippen molar-refractivity contribution in [3.63, 3.8) is 0 Å². The van der Waals surface area contributed by atoms with E-state index >= 15 is 0 Å². The highest BCUT2D eigenvalue weighted by molar-refractivity contribution is 7.98. The van der Waals surface area contributed by atoms with Crippen molar-refractivity contribution < 1.29 is 9.53 Å². The van der Waals surface area contributed by atoms with Crippen molar-refractivity contribution in [2.24, 2.45) is 0 Å². The second kappa shape index (κ2) is 12.3. The Morgan fingerprint density at radius 2 is 1.78 bits per heavy atom. The highest BCUT2D eigenvalue weighted by Crippen LogP contribution is 2.27. The van der Waals surface area contributed by atoms with Crippen LogP contribution in [-0.4, -0.2) is 69.9 Å². The minimum atomic E-state index is -0.131. The Morgan fingerprint density at radius 1 is 1.03 bits per heavy atom. The van der Waals surface area contributed by atoms with E-state index in [1.54, 1.807) is 11.8 Å². The number of hydrogen-bond acceptors (Lipinski definition) is 8. The monoisotopic (exact) mass is 520 g/mol. The van der Waals surface area contributed by atoms with E-state index in [1.165, 1.54) is 16.9 Å². The van der Waals surface area contributed by atoms with E-state index in [4.69, 9.17) is 4.74 Å². The normalized spacial score (nSPS) is 14.1. The first-order valence-electron chi connectivity index (χ1n) is 12.0. The van der Waals surface area contributed by atoms with Crippen LogP contribution in [0.3, 0.4) is 0 Å². The number of carbonyl (C=O) groups is 1. The fraction of sp³-hybridized carbons (Fsp3) is 0.308. The number of morpholine rings is 1. The molecule has 8 nitrogen and oxygen atoms in total. The van der Waals surface area contributed by atoms with E-state index < -0.39 is 0 Å². The number of rotatable bonds is 10. The second-order valence-corrected chi connectivity index (χ2v) is 10.2. The summed E-state index contributed by atoms with van der Waals surface area (Å²) in [6.07, 6.45) is 0.690. The van der Waals surface area contributed by atoms with Gasteiger partial charge >= 0.3 is 0 Å². The van der Waals surface area contributed by atoms with E-state index in [0.29, 0.717) is 24.4 Å². The first kappa shape index (κ1) is 24.6. The third-order valence-corrected chi connectivity index (χ3v) is 7.82.